The molecule has 1 aromatic rings. The Morgan fingerprint density at radius 3 is 2.39 bits per heavy atom. The molecule has 1 N–H and O–H groups in total. The number of hydrogen-bond donors (Lipinski definition) is 1. The Balaban J connectivity index is 3.04. The van der Waals surface area contributed by atoms with Crippen LogP contribution in [0.15, 0.2) is 24.3 Å². The van der Waals surface area contributed by atoms with E-state index < -0.39 is 11.7 Å². The third kappa shape index (κ3) is 3.03. The largest absolute Gasteiger partial charge is 0.497 e. The first kappa shape index (κ1) is 15.0. The number of rotatable bonds is 7. The zero-order valence-corrected chi connectivity index (χ0v) is 11.8. The lowest BCUT2D eigenvalue weighted by Gasteiger charge is -2.36. The first-order valence-electron chi connectivity index (χ1n) is 6.59. The van der Waals surface area contributed by atoms with Crippen molar-refractivity contribution in [2.75, 3.05) is 13.7 Å². The molecule has 1 atom stereocenters. The molecule has 1 unspecified atom stereocenters. The molecule has 0 fully saturated rings. The van der Waals surface area contributed by atoms with E-state index in [1.54, 1.807) is 7.11 Å². The second kappa shape index (κ2) is 6.76. The average molecular weight is 252 g/mol. The van der Waals surface area contributed by atoms with Gasteiger partial charge in [0.25, 0.3) is 0 Å². The van der Waals surface area contributed by atoms with Gasteiger partial charge in [-0.1, -0.05) is 26.0 Å². The molecular weight excluding hydrogens is 228 g/mol. The maximum absolute atomic E-state index is 10.6. The summed E-state index contributed by atoms with van der Waals surface area (Å²) in [7, 11) is 1.63. The van der Waals surface area contributed by atoms with E-state index in [0.717, 1.165) is 24.2 Å². The van der Waals surface area contributed by atoms with Crippen LogP contribution in [0.25, 0.3) is 0 Å². The van der Waals surface area contributed by atoms with Gasteiger partial charge in [0.1, 0.15) is 11.9 Å². The Kier molecular flexibility index (Phi) is 5.63. The van der Waals surface area contributed by atoms with Crippen LogP contribution in [0.5, 0.6) is 5.75 Å². The van der Waals surface area contributed by atoms with E-state index in [0.29, 0.717) is 6.61 Å². The van der Waals surface area contributed by atoms with Crippen LogP contribution >= 0.6 is 0 Å². The van der Waals surface area contributed by atoms with Crippen molar-refractivity contribution in [2.45, 2.75) is 45.3 Å². The van der Waals surface area contributed by atoms with Crippen LogP contribution < -0.4 is 4.74 Å². The maximum Gasteiger partial charge on any atom is 0.119 e. The van der Waals surface area contributed by atoms with E-state index in [2.05, 4.69) is 0 Å². The van der Waals surface area contributed by atoms with Crippen molar-refractivity contribution in [1.29, 1.82) is 0 Å². The van der Waals surface area contributed by atoms with E-state index in [1.165, 1.54) is 0 Å². The van der Waals surface area contributed by atoms with E-state index >= 15 is 0 Å². The summed E-state index contributed by atoms with van der Waals surface area (Å²) >= 11 is 0. The number of hydrogen-bond acceptors (Lipinski definition) is 3. The summed E-state index contributed by atoms with van der Waals surface area (Å²) in [5, 5.41) is 10.6. The highest BCUT2D eigenvalue weighted by atomic mass is 16.5. The molecule has 0 aromatic heterocycles. The first-order valence-corrected chi connectivity index (χ1v) is 6.59. The SMILES string of the molecule is CCOC(CC)(CC)C(O)c1cccc(OC)c1. The lowest BCUT2D eigenvalue weighted by molar-refractivity contribution is -0.127. The number of methoxy groups -OCH3 is 1. The quantitative estimate of drug-likeness (QED) is 0.809. The number of aliphatic hydroxyl groups excluding tert-OH is 1. The fourth-order valence-corrected chi connectivity index (χ4v) is 2.32. The lowest BCUT2D eigenvalue weighted by Crippen LogP contribution is -2.38. The zero-order chi connectivity index (χ0) is 13.6. The Hall–Kier alpha value is -1.06. The number of aliphatic hydroxyl groups is 1. The molecule has 0 aliphatic rings. The van der Waals surface area contributed by atoms with E-state index in [4.69, 9.17) is 9.47 Å². The molecule has 1 aromatic carbocycles. The molecule has 1 rings (SSSR count). The Morgan fingerprint density at radius 2 is 1.89 bits per heavy atom. The highest BCUT2D eigenvalue weighted by molar-refractivity contribution is 5.31. The van der Waals surface area contributed by atoms with Gasteiger partial charge in [-0.3, -0.25) is 0 Å². The molecule has 18 heavy (non-hydrogen) atoms. The molecule has 3 heteroatoms. The second-order valence-electron chi connectivity index (χ2n) is 4.38. The summed E-state index contributed by atoms with van der Waals surface area (Å²) in [6.45, 7) is 6.65. The van der Waals surface area contributed by atoms with Crippen molar-refractivity contribution < 1.29 is 14.6 Å². The van der Waals surface area contributed by atoms with Crippen molar-refractivity contribution in [1.82, 2.24) is 0 Å². The minimum atomic E-state index is -0.637. The van der Waals surface area contributed by atoms with Gasteiger partial charge in [-0.05, 0) is 37.5 Å². The van der Waals surface area contributed by atoms with Crippen molar-refractivity contribution in [2.24, 2.45) is 0 Å². The summed E-state index contributed by atoms with van der Waals surface area (Å²) in [5.41, 5.74) is 0.327. The normalized spacial score (nSPS) is 13.4. The fourth-order valence-electron chi connectivity index (χ4n) is 2.32. The smallest absolute Gasteiger partial charge is 0.119 e. The Labute approximate surface area is 110 Å². The van der Waals surface area contributed by atoms with Gasteiger partial charge in [-0.2, -0.15) is 0 Å². The monoisotopic (exact) mass is 252 g/mol. The zero-order valence-electron chi connectivity index (χ0n) is 11.8. The molecule has 0 amide bonds. The second-order valence-corrected chi connectivity index (χ2v) is 4.38. The molecular formula is C15H24O3. The highest BCUT2D eigenvalue weighted by Crippen LogP contribution is 2.36. The standard InChI is InChI=1S/C15H24O3/c1-5-15(6-2,18-7-3)14(16)12-9-8-10-13(11-12)17-4/h8-11,14,16H,5-7H2,1-4H3. The van der Waals surface area contributed by atoms with Gasteiger partial charge in [-0.25, -0.2) is 0 Å². The lowest BCUT2D eigenvalue weighted by atomic mass is 9.86. The van der Waals surface area contributed by atoms with Gasteiger partial charge in [0.2, 0.25) is 0 Å². The highest BCUT2D eigenvalue weighted by Gasteiger charge is 2.36. The van der Waals surface area contributed by atoms with Crippen LogP contribution in [0.1, 0.15) is 45.3 Å². The van der Waals surface area contributed by atoms with Gasteiger partial charge >= 0.3 is 0 Å². The predicted octanol–water partition coefficient (Wildman–Crippen LogP) is 3.32. The van der Waals surface area contributed by atoms with Gasteiger partial charge in [0.05, 0.1) is 12.7 Å². The first-order chi connectivity index (χ1) is 8.63. The average Bonchev–Trinajstić information content (AvgIpc) is 2.44. The Bertz CT molecular complexity index is 359. The van der Waals surface area contributed by atoms with Crippen molar-refractivity contribution >= 4 is 0 Å². The molecule has 0 radical (unpaired) electrons. The molecule has 0 spiro atoms. The van der Waals surface area contributed by atoms with E-state index in [9.17, 15) is 5.11 Å². The molecule has 0 heterocycles. The topological polar surface area (TPSA) is 38.7 Å². The molecule has 0 aliphatic heterocycles. The van der Waals surface area contributed by atoms with Gasteiger partial charge in [-0.15, -0.1) is 0 Å². The summed E-state index contributed by atoms with van der Waals surface area (Å²) in [6.07, 6.45) is 0.911. The number of benzene rings is 1. The molecule has 0 bridgehead atoms. The van der Waals surface area contributed by atoms with Gasteiger partial charge < -0.3 is 14.6 Å². The molecule has 3 nitrogen and oxygen atoms in total. The van der Waals surface area contributed by atoms with Crippen LogP contribution in [-0.2, 0) is 4.74 Å². The molecule has 0 saturated heterocycles. The Morgan fingerprint density at radius 1 is 1.22 bits per heavy atom. The summed E-state index contributed by atoms with van der Waals surface area (Å²) in [5.74, 6) is 0.754. The third-order valence-corrected chi connectivity index (χ3v) is 3.54. The van der Waals surface area contributed by atoms with Crippen LogP contribution in [0, 0.1) is 0 Å². The van der Waals surface area contributed by atoms with E-state index in [1.807, 2.05) is 45.0 Å². The maximum atomic E-state index is 10.6. The fraction of sp³-hybridized carbons (Fsp3) is 0.600. The van der Waals surface area contributed by atoms with E-state index in [-0.39, 0.29) is 0 Å². The minimum Gasteiger partial charge on any atom is -0.497 e. The van der Waals surface area contributed by atoms with Crippen LogP contribution in [0.4, 0.5) is 0 Å². The van der Waals surface area contributed by atoms with Crippen LogP contribution in [-0.4, -0.2) is 24.4 Å². The predicted molar refractivity (Wildman–Crippen MR) is 72.9 cm³/mol. The summed E-state index contributed by atoms with van der Waals surface area (Å²) in [6, 6.07) is 7.53. The van der Waals surface area contributed by atoms with Crippen LogP contribution in [0.2, 0.25) is 0 Å². The van der Waals surface area contributed by atoms with Crippen molar-refractivity contribution in [3.05, 3.63) is 29.8 Å². The van der Waals surface area contributed by atoms with Crippen molar-refractivity contribution in [3.63, 3.8) is 0 Å². The molecule has 102 valence electrons. The third-order valence-electron chi connectivity index (χ3n) is 3.54. The van der Waals surface area contributed by atoms with Crippen molar-refractivity contribution in [3.8, 4) is 5.75 Å². The summed E-state index contributed by atoms with van der Waals surface area (Å²) < 4.78 is 11.0. The summed E-state index contributed by atoms with van der Waals surface area (Å²) in [4.78, 5) is 0. The van der Waals surface area contributed by atoms with Gasteiger partial charge in [0.15, 0.2) is 0 Å². The number of ether oxygens (including phenoxy) is 2. The molecule has 0 aliphatic carbocycles. The minimum absolute atomic E-state index is 0.513. The van der Waals surface area contributed by atoms with Gasteiger partial charge in [0, 0.05) is 6.61 Å². The molecule has 0 saturated carbocycles. The van der Waals surface area contributed by atoms with Crippen LogP contribution in [0.3, 0.4) is 0 Å².